The monoisotopic (exact) mass is 378 g/mol. The van der Waals surface area contributed by atoms with Gasteiger partial charge in [-0.2, -0.15) is 0 Å². The smallest absolute Gasteiger partial charge is 0.262 e. The molecule has 2 aromatic rings. The quantitative estimate of drug-likeness (QED) is 0.691. The van der Waals surface area contributed by atoms with E-state index >= 15 is 0 Å². The lowest BCUT2D eigenvalue weighted by Gasteiger charge is -2.12. The minimum Gasteiger partial charge on any atom is -0.493 e. The van der Waals surface area contributed by atoms with Gasteiger partial charge in [-0.15, -0.1) is 0 Å². The van der Waals surface area contributed by atoms with Crippen LogP contribution in [0.5, 0.6) is 11.5 Å². The van der Waals surface area contributed by atoms with Gasteiger partial charge in [-0.05, 0) is 48.7 Å². The SMILES string of the molecule is COc1ccc(S(=O)(=O)Nc2ccc(NCCC(C)C)cc2)cc1OC. The van der Waals surface area contributed by atoms with Crippen molar-refractivity contribution in [3.8, 4) is 11.5 Å². The van der Waals surface area contributed by atoms with Crippen LogP contribution in [-0.4, -0.2) is 29.2 Å². The lowest BCUT2D eigenvalue weighted by Crippen LogP contribution is -2.13. The molecule has 0 heterocycles. The van der Waals surface area contributed by atoms with E-state index in [1.807, 2.05) is 12.1 Å². The first-order chi connectivity index (χ1) is 12.4. The summed E-state index contributed by atoms with van der Waals surface area (Å²) in [5.74, 6) is 1.47. The first-order valence-electron chi connectivity index (χ1n) is 8.44. The number of sulfonamides is 1. The van der Waals surface area contributed by atoms with Crippen molar-refractivity contribution in [1.82, 2.24) is 0 Å². The summed E-state index contributed by atoms with van der Waals surface area (Å²) >= 11 is 0. The highest BCUT2D eigenvalue weighted by Gasteiger charge is 2.17. The molecule has 0 aromatic heterocycles. The molecule has 2 N–H and O–H groups in total. The number of ether oxygens (including phenoxy) is 2. The molecule has 0 atom stereocenters. The van der Waals surface area contributed by atoms with E-state index in [0.29, 0.717) is 23.1 Å². The number of hydrogen-bond donors (Lipinski definition) is 2. The number of nitrogens with one attached hydrogen (secondary N) is 2. The molecular weight excluding hydrogens is 352 g/mol. The molecule has 0 saturated heterocycles. The number of hydrogen-bond acceptors (Lipinski definition) is 5. The van der Waals surface area contributed by atoms with E-state index in [2.05, 4.69) is 23.9 Å². The maximum Gasteiger partial charge on any atom is 0.262 e. The Morgan fingerprint density at radius 3 is 2.12 bits per heavy atom. The van der Waals surface area contributed by atoms with E-state index in [-0.39, 0.29) is 4.90 Å². The summed E-state index contributed by atoms with van der Waals surface area (Å²) < 4.78 is 38.0. The largest absolute Gasteiger partial charge is 0.493 e. The van der Waals surface area contributed by atoms with Crippen molar-refractivity contribution in [3.63, 3.8) is 0 Å². The first kappa shape index (κ1) is 19.9. The van der Waals surface area contributed by atoms with E-state index in [1.165, 1.54) is 26.4 Å². The fourth-order valence-corrected chi connectivity index (χ4v) is 3.43. The van der Waals surface area contributed by atoms with Crippen molar-refractivity contribution in [1.29, 1.82) is 0 Å². The van der Waals surface area contributed by atoms with Gasteiger partial charge in [-0.1, -0.05) is 13.8 Å². The lowest BCUT2D eigenvalue weighted by molar-refractivity contribution is 0.354. The van der Waals surface area contributed by atoms with E-state index < -0.39 is 10.0 Å². The second kappa shape index (κ2) is 8.80. The van der Waals surface area contributed by atoms with Crippen LogP contribution in [0.3, 0.4) is 0 Å². The van der Waals surface area contributed by atoms with Gasteiger partial charge in [0.1, 0.15) is 0 Å². The number of anilines is 2. The van der Waals surface area contributed by atoms with E-state index in [4.69, 9.17) is 9.47 Å². The molecule has 0 saturated carbocycles. The maximum absolute atomic E-state index is 12.6. The van der Waals surface area contributed by atoms with Crippen molar-refractivity contribution in [2.75, 3.05) is 30.8 Å². The van der Waals surface area contributed by atoms with Crippen LogP contribution in [0, 0.1) is 5.92 Å². The van der Waals surface area contributed by atoms with Crippen molar-refractivity contribution in [2.24, 2.45) is 5.92 Å². The second-order valence-corrected chi connectivity index (χ2v) is 7.99. The Hall–Kier alpha value is -2.41. The van der Waals surface area contributed by atoms with Crippen LogP contribution in [-0.2, 0) is 10.0 Å². The summed E-state index contributed by atoms with van der Waals surface area (Å²) in [7, 11) is -0.752. The number of benzene rings is 2. The van der Waals surface area contributed by atoms with Gasteiger partial charge in [-0.3, -0.25) is 4.72 Å². The van der Waals surface area contributed by atoms with Gasteiger partial charge in [0.2, 0.25) is 0 Å². The highest BCUT2D eigenvalue weighted by Crippen LogP contribution is 2.30. The van der Waals surface area contributed by atoms with Crippen LogP contribution in [0.2, 0.25) is 0 Å². The van der Waals surface area contributed by atoms with Crippen LogP contribution in [0.4, 0.5) is 11.4 Å². The van der Waals surface area contributed by atoms with Gasteiger partial charge < -0.3 is 14.8 Å². The third kappa shape index (κ3) is 5.29. The molecule has 0 unspecified atom stereocenters. The van der Waals surface area contributed by atoms with E-state index in [1.54, 1.807) is 18.2 Å². The summed E-state index contributed by atoms with van der Waals surface area (Å²) in [5, 5.41) is 3.32. The first-order valence-corrected chi connectivity index (χ1v) is 9.93. The van der Waals surface area contributed by atoms with Crippen molar-refractivity contribution >= 4 is 21.4 Å². The molecular formula is C19H26N2O4S. The van der Waals surface area contributed by atoms with E-state index in [9.17, 15) is 8.42 Å². The summed E-state index contributed by atoms with van der Waals surface area (Å²) in [5.41, 5.74) is 1.45. The Balaban J connectivity index is 2.09. The van der Waals surface area contributed by atoms with Crippen LogP contribution in [0.25, 0.3) is 0 Å². The molecule has 2 rings (SSSR count). The van der Waals surface area contributed by atoms with Gasteiger partial charge in [-0.25, -0.2) is 8.42 Å². The molecule has 0 fully saturated rings. The van der Waals surface area contributed by atoms with Gasteiger partial charge in [0.25, 0.3) is 10.0 Å². The van der Waals surface area contributed by atoms with Crippen molar-refractivity contribution in [2.45, 2.75) is 25.2 Å². The summed E-state index contributed by atoms with van der Waals surface area (Å²) in [4.78, 5) is 0.106. The predicted molar refractivity (Wildman–Crippen MR) is 105 cm³/mol. The van der Waals surface area contributed by atoms with E-state index in [0.717, 1.165) is 18.7 Å². The summed E-state index contributed by atoms with van der Waals surface area (Å²) in [6.45, 7) is 5.23. The predicted octanol–water partition coefficient (Wildman–Crippen LogP) is 3.96. The molecule has 0 spiro atoms. The normalized spacial score (nSPS) is 11.3. The molecule has 0 aliphatic rings. The highest BCUT2D eigenvalue weighted by atomic mass is 32.2. The molecule has 6 nitrogen and oxygen atoms in total. The van der Waals surface area contributed by atoms with Gasteiger partial charge in [0.05, 0.1) is 19.1 Å². The molecule has 0 bridgehead atoms. The lowest BCUT2D eigenvalue weighted by atomic mass is 10.1. The topological polar surface area (TPSA) is 76.7 Å². The zero-order valence-corrected chi connectivity index (χ0v) is 16.4. The third-order valence-electron chi connectivity index (χ3n) is 3.85. The molecule has 0 aliphatic heterocycles. The highest BCUT2D eigenvalue weighted by molar-refractivity contribution is 7.92. The van der Waals surface area contributed by atoms with Crippen LogP contribution in [0.15, 0.2) is 47.4 Å². The van der Waals surface area contributed by atoms with Gasteiger partial charge in [0, 0.05) is 24.0 Å². The molecule has 0 amide bonds. The molecule has 2 aromatic carbocycles. The zero-order valence-electron chi connectivity index (χ0n) is 15.6. The molecule has 7 heteroatoms. The molecule has 0 radical (unpaired) electrons. The Bertz CT molecular complexity index is 818. The molecule has 26 heavy (non-hydrogen) atoms. The van der Waals surface area contributed by atoms with Crippen molar-refractivity contribution in [3.05, 3.63) is 42.5 Å². The zero-order chi connectivity index (χ0) is 19.2. The number of rotatable bonds is 9. The number of methoxy groups -OCH3 is 2. The van der Waals surface area contributed by atoms with Crippen LogP contribution < -0.4 is 19.5 Å². The van der Waals surface area contributed by atoms with Crippen molar-refractivity contribution < 1.29 is 17.9 Å². The fourth-order valence-electron chi connectivity index (χ4n) is 2.36. The average molecular weight is 378 g/mol. The third-order valence-corrected chi connectivity index (χ3v) is 5.23. The fraction of sp³-hybridized carbons (Fsp3) is 0.368. The maximum atomic E-state index is 12.6. The minimum atomic E-state index is -3.72. The summed E-state index contributed by atoms with van der Waals surface area (Å²) in [6.07, 6.45) is 1.08. The standard InChI is InChI=1S/C19H26N2O4S/c1-14(2)11-12-20-15-5-7-16(8-6-15)21-26(22,23)17-9-10-18(24-3)19(13-17)25-4/h5-10,13-14,20-21H,11-12H2,1-4H3. The Morgan fingerprint density at radius 2 is 1.54 bits per heavy atom. The Labute approximate surface area is 155 Å². The Morgan fingerprint density at radius 1 is 0.923 bits per heavy atom. The molecule has 142 valence electrons. The van der Waals surface area contributed by atoms with Gasteiger partial charge in [0.15, 0.2) is 11.5 Å². The Kier molecular flexibility index (Phi) is 6.74. The van der Waals surface area contributed by atoms with Gasteiger partial charge >= 0.3 is 0 Å². The summed E-state index contributed by atoms with van der Waals surface area (Å²) in [6, 6.07) is 11.6. The van der Waals surface area contributed by atoms with Crippen LogP contribution >= 0.6 is 0 Å². The minimum absolute atomic E-state index is 0.106. The average Bonchev–Trinajstić information content (AvgIpc) is 2.62. The second-order valence-electron chi connectivity index (χ2n) is 6.31. The van der Waals surface area contributed by atoms with Crippen LogP contribution in [0.1, 0.15) is 20.3 Å². The molecule has 0 aliphatic carbocycles.